The molecule has 0 atom stereocenters. The zero-order valence-electron chi connectivity index (χ0n) is 15.2. The van der Waals surface area contributed by atoms with Crippen LogP contribution in [-0.4, -0.2) is 73.0 Å². The summed E-state index contributed by atoms with van der Waals surface area (Å²) in [7, 11) is 1.60. The van der Waals surface area contributed by atoms with Crippen LogP contribution in [0.1, 0.15) is 17.6 Å². The summed E-state index contributed by atoms with van der Waals surface area (Å²) in [6, 6.07) is 0. The number of rotatable bonds is 5. The Hall–Kier alpha value is -1.15. The molecule has 1 aliphatic rings. The summed E-state index contributed by atoms with van der Waals surface area (Å²) < 4.78 is 37.6. The fraction of sp³-hybridized carbons (Fsp3) is 0.667. The van der Waals surface area contributed by atoms with Gasteiger partial charge in [-0.25, -0.2) is 4.98 Å². The average molecular weight is 520 g/mol. The molecule has 154 valence electrons. The first kappa shape index (κ1) is 23.9. The second kappa shape index (κ2) is 11.0. The molecule has 0 saturated carbocycles. The van der Waals surface area contributed by atoms with Gasteiger partial charge in [-0.05, 0) is 0 Å². The number of carbonyl (C=O) groups excluding carboxylic acids is 1. The molecule has 0 unspecified atom stereocenters. The lowest BCUT2D eigenvalue weighted by atomic mass is 10.3. The number of amides is 1. The van der Waals surface area contributed by atoms with Crippen LogP contribution in [0.4, 0.5) is 13.2 Å². The van der Waals surface area contributed by atoms with E-state index in [0.717, 1.165) is 49.4 Å². The van der Waals surface area contributed by atoms with Gasteiger partial charge >= 0.3 is 6.18 Å². The summed E-state index contributed by atoms with van der Waals surface area (Å²) in [6.07, 6.45) is -4.42. The van der Waals surface area contributed by atoms with Gasteiger partial charge in [-0.2, -0.15) is 13.2 Å². The zero-order chi connectivity index (χ0) is 19.2. The summed E-state index contributed by atoms with van der Waals surface area (Å²) in [5.41, 5.74) is -0.869. The number of carbonyl (C=O) groups is 1. The second-order valence-corrected chi connectivity index (χ2v) is 6.77. The van der Waals surface area contributed by atoms with Crippen LogP contribution in [0.3, 0.4) is 0 Å². The first-order chi connectivity index (χ1) is 12.3. The van der Waals surface area contributed by atoms with Gasteiger partial charge in [0.25, 0.3) is 0 Å². The number of nitrogens with one attached hydrogen (secondary N) is 2. The van der Waals surface area contributed by atoms with Gasteiger partial charge < -0.3 is 15.5 Å². The normalized spacial score (nSPS) is 16.0. The van der Waals surface area contributed by atoms with Crippen molar-refractivity contribution in [2.45, 2.75) is 19.6 Å². The lowest BCUT2D eigenvalue weighted by Crippen LogP contribution is -2.50. The van der Waals surface area contributed by atoms with Crippen LogP contribution in [0.5, 0.6) is 0 Å². The maximum absolute atomic E-state index is 12.5. The maximum atomic E-state index is 12.5. The van der Waals surface area contributed by atoms with Crippen molar-refractivity contribution >= 4 is 47.2 Å². The Morgan fingerprint density at radius 1 is 1.30 bits per heavy atom. The van der Waals surface area contributed by atoms with E-state index in [1.807, 2.05) is 4.90 Å². The number of aromatic nitrogens is 1. The molecule has 1 aromatic heterocycles. The van der Waals surface area contributed by atoms with Gasteiger partial charge in [0.05, 0.1) is 6.54 Å². The lowest BCUT2D eigenvalue weighted by Gasteiger charge is -2.34. The maximum Gasteiger partial charge on any atom is 0.434 e. The van der Waals surface area contributed by atoms with E-state index in [4.69, 9.17) is 0 Å². The third-order valence-corrected chi connectivity index (χ3v) is 4.86. The van der Waals surface area contributed by atoms with Gasteiger partial charge in [-0.15, -0.1) is 35.3 Å². The number of thiazole rings is 1. The van der Waals surface area contributed by atoms with Crippen molar-refractivity contribution in [2.24, 2.45) is 4.99 Å². The van der Waals surface area contributed by atoms with Gasteiger partial charge in [0, 0.05) is 58.6 Å². The molecule has 0 aromatic carbocycles. The van der Waals surface area contributed by atoms with Crippen molar-refractivity contribution in [1.82, 2.24) is 25.4 Å². The van der Waals surface area contributed by atoms with Crippen molar-refractivity contribution in [3.63, 3.8) is 0 Å². The van der Waals surface area contributed by atoms with E-state index >= 15 is 0 Å². The molecule has 2 N–H and O–H groups in total. The molecule has 2 rings (SSSR count). The molecule has 7 nitrogen and oxygen atoms in total. The molecular formula is C15H24F3IN6OS. The SMILES string of the molecule is CN=C(NCCN1CCN(C(C)=O)CC1)NCc1nc(C(F)(F)F)cs1.I. The number of hydrogen-bond donors (Lipinski definition) is 2. The monoisotopic (exact) mass is 520 g/mol. The molecule has 1 aromatic rings. The van der Waals surface area contributed by atoms with Crippen molar-refractivity contribution in [3.8, 4) is 0 Å². The second-order valence-electron chi connectivity index (χ2n) is 5.82. The Kier molecular flexibility index (Phi) is 9.73. The van der Waals surface area contributed by atoms with Gasteiger partial charge in [-0.1, -0.05) is 0 Å². The third kappa shape index (κ3) is 7.78. The van der Waals surface area contributed by atoms with Gasteiger partial charge in [-0.3, -0.25) is 14.7 Å². The molecule has 2 heterocycles. The van der Waals surface area contributed by atoms with E-state index in [1.54, 1.807) is 14.0 Å². The van der Waals surface area contributed by atoms with E-state index < -0.39 is 11.9 Å². The minimum Gasteiger partial charge on any atom is -0.355 e. The number of halogens is 4. The summed E-state index contributed by atoms with van der Waals surface area (Å²) >= 11 is 0.961. The largest absolute Gasteiger partial charge is 0.434 e. The Labute approximate surface area is 177 Å². The van der Waals surface area contributed by atoms with Crippen molar-refractivity contribution in [1.29, 1.82) is 0 Å². The highest BCUT2D eigenvalue weighted by Crippen LogP contribution is 2.29. The van der Waals surface area contributed by atoms with E-state index in [0.29, 0.717) is 17.5 Å². The molecule has 12 heteroatoms. The van der Waals surface area contributed by atoms with Gasteiger partial charge in [0.15, 0.2) is 11.7 Å². The topological polar surface area (TPSA) is 72.9 Å². The van der Waals surface area contributed by atoms with Crippen LogP contribution in [0, 0.1) is 0 Å². The smallest absolute Gasteiger partial charge is 0.355 e. The Bertz CT molecular complexity index is 631. The summed E-state index contributed by atoms with van der Waals surface area (Å²) in [4.78, 5) is 23.0. The fourth-order valence-electron chi connectivity index (χ4n) is 2.52. The van der Waals surface area contributed by atoms with E-state index in [9.17, 15) is 18.0 Å². The quantitative estimate of drug-likeness (QED) is 0.351. The van der Waals surface area contributed by atoms with Crippen LogP contribution in [-0.2, 0) is 17.5 Å². The fourth-order valence-corrected chi connectivity index (χ4v) is 3.26. The first-order valence-corrected chi connectivity index (χ1v) is 9.11. The van der Waals surface area contributed by atoms with Crippen LogP contribution in [0.15, 0.2) is 10.4 Å². The van der Waals surface area contributed by atoms with Crippen LogP contribution < -0.4 is 10.6 Å². The Morgan fingerprint density at radius 3 is 2.48 bits per heavy atom. The van der Waals surface area contributed by atoms with Crippen LogP contribution in [0.25, 0.3) is 0 Å². The predicted octanol–water partition coefficient (Wildman–Crippen LogP) is 1.61. The molecule has 0 radical (unpaired) electrons. The number of nitrogens with zero attached hydrogens (tertiary/aromatic N) is 4. The Balaban J connectivity index is 0.00000364. The first-order valence-electron chi connectivity index (χ1n) is 8.23. The zero-order valence-corrected chi connectivity index (χ0v) is 18.3. The average Bonchev–Trinajstić information content (AvgIpc) is 3.07. The number of hydrogen-bond acceptors (Lipinski definition) is 5. The molecule has 1 saturated heterocycles. The molecule has 0 bridgehead atoms. The molecule has 0 spiro atoms. The highest BCUT2D eigenvalue weighted by atomic mass is 127. The van der Waals surface area contributed by atoms with Crippen LogP contribution >= 0.6 is 35.3 Å². The summed E-state index contributed by atoms with van der Waals surface area (Å²) in [6.45, 7) is 6.30. The van der Waals surface area contributed by atoms with Crippen LogP contribution in [0.2, 0.25) is 0 Å². The Morgan fingerprint density at radius 2 is 1.96 bits per heavy atom. The van der Waals surface area contributed by atoms with E-state index in [1.165, 1.54) is 0 Å². The van der Waals surface area contributed by atoms with Gasteiger partial charge in [0.2, 0.25) is 5.91 Å². The molecule has 27 heavy (non-hydrogen) atoms. The van der Waals surface area contributed by atoms with Gasteiger partial charge in [0.1, 0.15) is 5.01 Å². The minimum atomic E-state index is -4.42. The highest BCUT2D eigenvalue weighted by Gasteiger charge is 2.33. The molecule has 0 aliphatic carbocycles. The predicted molar refractivity (Wildman–Crippen MR) is 109 cm³/mol. The van der Waals surface area contributed by atoms with Crippen molar-refractivity contribution < 1.29 is 18.0 Å². The highest BCUT2D eigenvalue weighted by molar-refractivity contribution is 14.0. The molecule has 1 amide bonds. The third-order valence-electron chi connectivity index (χ3n) is 4.01. The molecule has 1 fully saturated rings. The van der Waals surface area contributed by atoms with Crippen molar-refractivity contribution in [2.75, 3.05) is 46.3 Å². The number of aliphatic imine (C=N–C) groups is 1. The number of alkyl halides is 3. The standard InChI is InChI=1S/C15H23F3N6OS.HI/c1-11(25)24-7-5-23(6-8-24)4-3-20-14(19-2)21-9-13-22-12(10-26-13)15(16,17)18;/h10H,3-9H2,1-2H3,(H2,19,20,21);1H. The summed E-state index contributed by atoms with van der Waals surface area (Å²) in [5, 5.41) is 7.44. The molecular weight excluding hydrogens is 496 g/mol. The number of piperazine rings is 1. The molecule has 1 aliphatic heterocycles. The van der Waals surface area contributed by atoms with E-state index in [-0.39, 0.29) is 36.4 Å². The summed E-state index contributed by atoms with van der Waals surface area (Å²) in [5.74, 6) is 0.611. The van der Waals surface area contributed by atoms with E-state index in [2.05, 4.69) is 25.5 Å². The lowest BCUT2D eigenvalue weighted by molar-refractivity contribution is -0.140. The minimum absolute atomic E-state index is 0. The van der Waals surface area contributed by atoms with Crippen molar-refractivity contribution in [3.05, 3.63) is 16.1 Å². The number of guanidine groups is 1.